The van der Waals surface area contributed by atoms with E-state index in [0.717, 1.165) is 0 Å². The lowest BCUT2D eigenvalue weighted by atomic mass is 10.0. The Morgan fingerprint density at radius 3 is 2.00 bits per heavy atom. The predicted molar refractivity (Wildman–Crippen MR) is 48.4 cm³/mol. The van der Waals surface area contributed by atoms with E-state index < -0.39 is 24.4 Å². The zero-order valence-electron chi connectivity index (χ0n) is 6.91. The Morgan fingerprint density at radius 2 is 1.69 bits per heavy atom. The molecule has 0 aromatic rings. The summed E-state index contributed by atoms with van der Waals surface area (Å²) in [6.45, 7) is -0.205. The topological polar surface area (TPSA) is 130 Å². The summed E-state index contributed by atoms with van der Waals surface area (Å²) in [5.74, 6) is 0. The first-order chi connectivity index (χ1) is 5.54. The third-order valence-electron chi connectivity index (χ3n) is 1.54. The first-order valence-electron chi connectivity index (χ1n) is 3.49. The minimum Gasteiger partial charge on any atom is -0.389 e. The van der Waals surface area contributed by atoms with Crippen LogP contribution in [0.5, 0.6) is 0 Å². The van der Waals surface area contributed by atoms with Crippen LogP contribution in [0, 0.1) is 0 Å². The van der Waals surface area contributed by atoms with Crippen LogP contribution < -0.4 is 11.5 Å². The van der Waals surface area contributed by atoms with E-state index >= 15 is 0 Å². The van der Waals surface area contributed by atoms with Gasteiger partial charge in [0.25, 0.3) is 0 Å². The van der Waals surface area contributed by atoms with Crippen LogP contribution in [0.2, 0.25) is 0 Å². The number of carbonyl (C=O) groups excluding carboxylic acids is 1. The summed E-state index contributed by atoms with van der Waals surface area (Å²) in [6, 6.07) is -1.21. The van der Waals surface area contributed by atoms with E-state index in [1.54, 1.807) is 0 Å². The number of carbonyl (C=O) groups is 1. The molecule has 0 aromatic carbocycles. The van der Waals surface area contributed by atoms with E-state index in [9.17, 15) is 4.79 Å². The Balaban J connectivity index is 0. The second-order valence-corrected chi connectivity index (χ2v) is 2.50. The van der Waals surface area contributed by atoms with Gasteiger partial charge in [-0.15, -0.1) is 12.4 Å². The second kappa shape index (κ2) is 7.19. The van der Waals surface area contributed by atoms with Crippen LogP contribution in [-0.4, -0.2) is 52.5 Å². The molecule has 7 heteroatoms. The monoisotopic (exact) mass is 214 g/mol. The van der Waals surface area contributed by atoms with Gasteiger partial charge in [0.15, 0.2) is 0 Å². The van der Waals surface area contributed by atoms with Crippen molar-refractivity contribution in [3.63, 3.8) is 0 Å². The molecule has 4 atom stereocenters. The lowest BCUT2D eigenvalue weighted by molar-refractivity contribution is -0.116. The first kappa shape index (κ1) is 15.2. The van der Waals surface area contributed by atoms with Gasteiger partial charge < -0.3 is 31.6 Å². The molecule has 13 heavy (non-hydrogen) atoms. The molecule has 0 radical (unpaired) electrons. The zero-order chi connectivity index (χ0) is 9.72. The molecule has 0 aromatic heterocycles. The van der Waals surface area contributed by atoms with Crippen LogP contribution >= 0.6 is 12.4 Å². The molecular weight excluding hydrogens is 200 g/mol. The van der Waals surface area contributed by atoms with Crippen molar-refractivity contribution in [3.8, 4) is 0 Å². The lowest BCUT2D eigenvalue weighted by Crippen LogP contribution is -2.50. The maximum atomic E-state index is 10.1. The van der Waals surface area contributed by atoms with E-state index in [1.807, 2.05) is 0 Å². The molecule has 0 aliphatic heterocycles. The highest BCUT2D eigenvalue weighted by atomic mass is 35.5. The van der Waals surface area contributed by atoms with Crippen LogP contribution in [0.4, 0.5) is 0 Å². The molecule has 0 saturated heterocycles. The summed E-state index contributed by atoms with van der Waals surface area (Å²) in [4.78, 5) is 10.1. The van der Waals surface area contributed by atoms with Gasteiger partial charge in [0.2, 0.25) is 0 Å². The molecule has 0 bridgehead atoms. The van der Waals surface area contributed by atoms with Gasteiger partial charge in [-0.2, -0.15) is 0 Å². The average Bonchev–Trinajstić information content (AvgIpc) is 2.12. The standard InChI is InChI=1S/C6H14N2O4.ClH/c7-1-4(10)6(12)5(11)3(8)2-9;/h2-6,10-12H,1,7-8H2;1H/t3-,4+,5+,6+;/m0./s1. The van der Waals surface area contributed by atoms with E-state index in [1.165, 1.54) is 0 Å². The van der Waals surface area contributed by atoms with Gasteiger partial charge in [-0.3, -0.25) is 0 Å². The number of nitrogens with two attached hydrogens (primary N) is 2. The van der Waals surface area contributed by atoms with Gasteiger partial charge >= 0.3 is 0 Å². The SMILES string of the molecule is Cl.NC[C@@H](O)[C@@H](O)[C@H](O)[C@@H](N)C=O. The van der Waals surface area contributed by atoms with Crippen molar-refractivity contribution in [3.05, 3.63) is 0 Å². The van der Waals surface area contributed by atoms with Gasteiger partial charge in [0.1, 0.15) is 18.5 Å². The maximum Gasteiger partial charge on any atom is 0.139 e. The van der Waals surface area contributed by atoms with Crippen LogP contribution in [0.3, 0.4) is 0 Å². The highest BCUT2D eigenvalue weighted by Gasteiger charge is 2.28. The summed E-state index contributed by atoms with van der Waals surface area (Å²) in [6.07, 6.45) is -3.96. The minimum absolute atomic E-state index is 0. The number of aldehydes is 1. The summed E-state index contributed by atoms with van der Waals surface area (Å²) >= 11 is 0. The van der Waals surface area contributed by atoms with Crippen molar-refractivity contribution in [2.45, 2.75) is 24.4 Å². The molecule has 7 N–H and O–H groups in total. The molecule has 0 saturated carbocycles. The Morgan fingerprint density at radius 1 is 1.23 bits per heavy atom. The summed E-state index contributed by atoms with van der Waals surface area (Å²) in [7, 11) is 0. The molecule has 6 nitrogen and oxygen atoms in total. The second-order valence-electron chi connectivity index (χ2n) is 2.50. The van der Waals surface area contributed by atoms with Crippen LogP contribution in [-0.2, 0) is 4.79 Å². The number of halogens is 1. The predicted octanol–water partition coefficient (Wildman–Crippen LogP) is -3.02. The number of hydrogen-bond acceptors (Lipinski definition) is 6. The van der Waals surface area contributed by atoms with Crippen molar-refractivity contribution < 1.29 is 20.1 Å². The van der Waals surface area contributed by atoms with Gasteiger partial charge in [-0.25, -0.2) is 0 Å². The fourth-order valence-electron chi connectivity index (χ4n) is 0.675. The van der Waals surface area contributed by atoms with E-state index in [4.69, 9.17) is 26.8 Å². The zero-order valence-corrected chi connectivity index (χ0v) is 7.72. The summed E-state index contributed by atoms with van der Waals surface area (Å²) in [5.41, 5.74) is 10.1. The third-order valence-corrected chi connectivity index (χ3v) is 1.54. The Kier molecular flexibility index (Phi) is 8.43. The van der Waals surface area contributed by atoms with Gasteiger partial charge in [0.05, 0.1) is 12.1 Å². The first-order valence-corrected chi connectivity index (χ1v) is 3.49. The van der Waals surface area contributed by atoms with Crippen molar-refractivity contribution in [2.24, 2.45) is 11.5 Å². The smallest absolute Gasteiger partial charge is 0.139 e. The third kappa shape index (κ3) is 4.51. The normalized spacial score (nSPS) is 19.5. The van der Waals surface area contributed by atoms with Crippen LogP contribution in [0.1, 0.15) is 0 Å². The Hall–Kier alpha value is -0.240. The molecule has 0 amide bonds. The fraction of sp³-hybridized carbons (Fsp3) is 0.833. The van der Waals surface area contributed by atoms with E-state index in [0.29, 0.717) is 0 Å². The molecule has 0 spiro atoms. The number of aliphatic hydroxyl groups is 3. The number of aliphatic hydroxyl groups excluding tert-OH is 3. The molecule has 0 fully saturated rings. The van der Waals surface area contributed by atoms with Crippen LogP contribution in [0.25, 0.3) is 0 Å². The van der Waals surface area contributed by atoms with E-state index in [-0.39, 0.29) is 25.2 Å². The molecule has 0 unspecified atom stereocenters. The summed E-state index contributed by atoms with van der Waals surface area (Å²) < 4.78 is 0. The van der Waals surface area contributed by atoms with Crippen LogP contribution in [0.15, 0.2) is 0 Å². The molecule has 0 aliphatic rings. The molecule has 80 valence electrons. The van der Waals surface area contributed by atoms with Gasteiger partial charge in [0, 0.05) is 6.54 Å². The lowest BCUT2D eigenvalue weighted by Gasteiger charge is -2.23. The van der Waals surface area contributed by atoms with Crippen molar-refractivity contribution in [2.75, 3.05) is 6.54 Å². The Labute approximate surface area is 81.9 Å². The quantitative estimate of drug-likeness (QED) is 0.310. The number of hydrogen-bond donors (Lipinski definition) is 5. The molecule has 0 aliphatic carbocycles. The van der Waals surface area contributed by atoms with Crippen molar-refractivity contribution in [1.82, 2.24) is 0 Å². The largest absolute Gasteiger partial charge is 0.389 e. The number of rotatable bonds is 5. The fourth-order valence-corrected chi connectivity index (χ4v) is 0.675. The highest BCUT2D eigenvalue weighted by Crippen LogP contribution is 2.01. The molecular formula is C6H15ClN2O4. The van der Waals surface area contributed by atoms with Gasteiger partial charge in [-0.1, -0.05) is 0 Å². The Bertz CT molecular complexity index is 149. The molecule has 0 rings (SSSR count). The van der Waals surface area contributed by atoms with Crippen molar-refractivity contribution >= 4 is 18.7 Å². The van der Waals surface area contributed by atoms with Gasteiger partial charge in [-0.05, 0) is 0 Å². The average molecular weight is 215 g/mol. The maximum absolute atomic E-state index is 10.1. The van der Waals surface area contributed by atoms with E-state index in [2.05, 4.69) is 0 Å². The van der Waals surface area contributed by atoms with Crippen molar-refractivity contribution in [1.29, 1.82) is 0 Å². The summed E-state index contributed by atoms with van der Waals surface area (Å²) in [5, 5.41) is 27.1. The highest BCUT2D eigenvalue weighted by molar-refractivity contribution is 5.85. The minimum atomic E-state index is -1.49. The molecule has 0 heterocycles.